The van der Waals surface area contributed by atoms with Crippen molar-refractivity contribution in [2.75, 3.05) is 31.1 Å². The van der Waals surface area contributed by atoms with E-state index in [1.165, 1.54) is 13.4 Å². The van der Waals surface area contributed by atoms with Crippen molar-refractivity contribution in [1.82, 2.24) is 34.8 Å². The second-order valence-electron chi connectivity index (χ2n) is 4.49. The molecule has 1 saturated heterocycles. The largest absolute Gasteiger partial charge is 0.343 e. The Bertz CT molecular complexity index is 649. The van der Waals surface area contributed by atoms with Crippen LogP contribution in [0.25, 0.3) is 0 Å². The molecule has 3 rings (SSSR count). The summed E-state index contributed by atoms with van der Waals surface area (Å²) < 4.78 is 1.11. The minimum absolute atomic E-state index is 0.0746. The van der Waals surface area contributed by atoms with Crippen molar-refractivity contribution in [1.29, 1.82) is 0 Å². The lowest BCUT2D eigenvalue weighted by atomic mass is 10.3. The Balaban J connectivity index is 1.66. The molecule has 2 aromatic rings. The second kappa shape index (κ2) is 4.79. The number of aromatic amines is 2. The average molecular weight is 278 g/mol. The van der Waals surface area contributed by atoms with Crippen LogP contribution in [0.5, 0.6) is 0 Å². The topological polar surface area (TPSA) is 116 Å². The van der Waals surface area contributed by atoms with Gasteiger partial charge in [0.25, 0.3) is 5.91 Å². The number of piperazine rings is 1. The molecule has 0 atom stereocenters. The van der Waals surface area contributed by atoms with Gasteiger partial charge < -0.3 is 9.80 Å². The number of nitrogens with zero attached hydrogens (tertiary/aromatic N) is 6. The van der Waals surface area contributed by atoms with Crippen LogP contribution in [-0.4, -0.2) is 66.9 Å². The molecule has 0 aromatic carbocycles. The van der Waals surface area contributed by atoms with Gasteiger partial charge in [-0.3, -0.25) is 9.78 Å². The Kier molecular flexibility index (Phi) is 2.97. The van der Waals surface area contributed by atoms with Gasteiger partial charge in [0, 0.05) is 33.2 Å². The number of rotatable bonds is 2. The SMILES string of the molecule is Cn1nc(C(=O)N2CCN(c3ncn[nH]3)CC2)[nH]c1=O. The third-order valence-corrected chi connectivity index (χ3v) is 3.24. The minimum Gasteiger partial charge on any atom is -0.338 e. The van der Waals surface area contributed by atoms with E-state index >= 15 is 0 Å². The molecule has 1 fully saturated rings. The van der Waals surface area contributed by atoms with Crippen molar-refractivity contribution in [3.8, 4) is 0 Å². The van der Waals surface area contributed by atoms with Gasteiger partial charge in [-0.05, 0) is 0 Å². The molecule has 0 bridgehead atoms. The zero-order chi connectivity index (χ0) is 14.1. The van der Waals surface area contributed by atoms with Crippen molar-refractivity contribution < 1.29 is 4.79 Å². The van der Waals surface area contributed by atoms with Gasteiger partial charge in [0.05, 0.1) is 0 Å². The Hall–Kier alpha value is -2.65. The van der Waals surface area contributed by atoms with E-state index in [2.05, 4.69) is 25.3 Å². The van der Waals surface area contributed by atoms with Crippen molar-refractivity contribution in [2.24, 2.45) is 7.05 Å². The number of aromatic nitrogens is 6. The van der Waals surface area contributed by atoms with Crippen LogP contribution < -0.4 is 10.6 Å². The van der Waals surface area contributed by atoms with E-state index in [4.69, 9.17) is 0 Å². The number of amides is 1. The summed E-state index contributed by atoms with van der Waals surface area (Å²) in [6.07, 6.45) is 1.45. The molecule has 0 radical (unpaired) electrons. The first-order chi connectivity index (χ1) is 9.65. The maximum absolute atomic E-state index is 12.2. The van der Waals surface area contributed by atoms with Gasteiger partial charge in [-0.1, -0.05) is 0 Å². The normalized spacial score (nSPS) is 15.7. The van der Waals surface area contributed by atoms with E-state index in [0.717, 1.165) is 4.68 Å². The Morgan fingerprint density at radius 3 is 2.60 bits per heavy atom. The molecule has 0 saturated carbocycles. The van der Waals surface area contributed by atoms with Crippen LogP contribution >= 0.6 is 0 Å². The van der Waals surface area contributed by atoms with Crippen LogP contribution in [-0.2, 0) is 7.05 Å². The number of nitrogens with one attached hydrogen (secondary N) is 2. The molecular formula is C10H14N8O2. The van der Waals surface area contributed by atoms with Crippen LogP contribution in [0.2, 0.25) is 0 Å². The molecule has 0 unspecified atom stereocenters. The van der Waals surface area contributed by atoms with Gasteiger partial charge in [0.1, 0.15) is 6.33 Å². The Morgan fingerprint density at radius 1 is 1.30 bits per heavy atom. The number of aryl methyl sites for hydroxylation is 1. The molecule has 106 valence electrons. The summed E-state index contributed by atoms with van der Waals surface area (Å²) in [4.78, 5) is 33.7. The maximum atomic E-state index is 12.2. The summed E-state index contributed by atoms with van der Waals surface area (Å²) in [6, 6.07) is 0. The van der Waals surface area contributed by atoms with Crippen molar-refractivity contribution in [2.45, 2.75) is 0 Å². The zero-order valence-electron chi connectivity index (χ0n) is 10.9. The highest BCUT2D eigenvalue weighted by molar-refractivity contribution is 5.90. The highest BCUT2D eigenvalue weighted by Gasteiger charge is 2.25. The average Bonchev–Trinajstić information content (AvgIpc) is 3.09. The number of carbonyl (C=O) groups excluding carboxylic acids is 1. The highest BCUT2D eigenvalue weighted by Crippen LogP contribution is 2.10. The number of hydrogen-bond acceptors (Lipinski definition) is 6. The predicted octanol–water partition coefficient (Wildman–Crippen LogP) is -1.81. The quantitative estimate of drug-likeness (QED) is 0.669. The molecular weight excluding hydrogens is 264 g/mol. The predicted molar refractivity (Wildman–Crippen MR) is 68.3 cm³/mol. The smallest absolute Gasteiger partial charge is 0.338 e. The first-order valence-corrected chi connectivity index (χ1v) is 6.18. The summed E-state index contributed by atoms with van der Waals surface area (Å²) in [6.45, 7) is 2.38. The van der Waals surface area contributed by atoms with E-state index in [-0.39, 0.29) is 11.7 Å². The first-order valence-electron chi connectivity index (χ1n) is 6.18. The molecule has 0 aliphatic carbocycles. The van der Waals surface area contributed by atoms with Crippen LogP contribution in [0.4, 0.5) is 5.95 Å². The van der Waals surface area contributed by atoms with Gasteiger partial charge in [-0.15, -0.1) is 5.10 Å². The van der Waals surface area contributed by atoms with Crippen LogP contribution in [0.3, 0.4) is 0 Å². The molecule has 2 N–H and O–H groups in total. The van der Waals surface area contributed by atoms with E-state index < -0.39 is 5.69 Å². The van der Waals surface area contributed by atoms with E-state index in [0.29, 0.717) is 32.1 Å². The third-order valence-electron chi connectivity index (χ3n) is 3.24. The Labute approximate surface area is 113 Å². The second-order valence-corrected chi connectivity index (χ2v) is 4.49. The van der Waals surface area contributed by atoms with Crippen molar-refractivity contribution in [3.05, 3.63) is 22.6 Å². The van der Waals surface area contributed by atoms with Gasteiger partial charge in [0.2, 0.25) is 11.8 Å². The molecule has 2 aromatic heterocycles. The van der Waals surface area contributed by atoms with Crippen LogP contribution in [0.1, 0.15) is 10.6 Å². The van der Waals surface area contributed by atoms with E-state index in [1.807, 2.05) is 4.90 Å². The molecule has 0 spiro atoms. The molecule has 10 heteroatoms. The summed E-state index contributed by atoms with van der Waals surface area (Å²) in [5, 5.41) is 10.5. The monoisotopic (exact) mass is 278 g/mol. The molecule has 20 heavy (non-hydrogen) atoms. The number of H-pyrrole nitrogens is 2. The maximum Gasteiger partial charge on any atom is 0.343 e. The summed E-state index contributed by atoms with van der Waals surface area (Å²) >= 11 is 0. The summed E-state index contributed by atoms with van der Waals surface area (Å²) in [7, 11) is 1.50. The van der Waals surface area contributed by atoms with E-state index in [1.54, 1.807) is 4.90 Å². The fraction of sp³-hybridized carbons (Fsp3) is 0.500. The number of carbonyl (C=O) groups is 1. The van der Waals surface area contributed by atoms with E-state index in [9.17, 15) is 9.59 Å². The summed E-state index contributed by atoms with van der Waals surface area (Å²) in [5.41, 5.74) is -0.395. The minimum atomic E-state index is -0.395. The highest BCUT2D eigenvalue weighted by atomic mass is 16.2. The first kappa shape index (κ1) is 12.4. The molecule has 1 aliphatic rings. The molecule has 3 heterocycles. The van der Waals surface area contributed by atoms with Gasteiger partial charge in [0.15, 0.2) is 0 Å². The van der Waals surface area contributed by atoms with Gasteiger partial charge >= 0.3 is 5.69 Å². The lowest BCUT2D eigenvalue weighted by molar-refractivity contribution is 0.0733. The van der Waals surface area contributed by atoms with Crippen molar-refractivity contribution in [3.63, 3.8) is 0 Å². The molecule has 1 amide bonds. The number of anilines is 1. The van der Waals surface area contributed by atoms with Gasteiger partial charge in [-0.25, -0.2) is 14.6 Å². The number of hydrogen-bond donors (Lipinski definition) is 2. The van der Waals surface area contributed by atoms with Crippen LogP contribution in [0, 0.1) is 0 Å². The molecule has 1 aliphatic heterocycles. The lowest BCUT2D eigenvalue weighted by Crippen LogP contribution is -2.49. The fourth-order valence-corrected chi connectivity index (χ4v) is 2.12. The third kappa shape index (κ3) is 2.15. The lowest BCUT2D eigenvalue weighted by Gasteiger charge is -2.33. The Morgan fingerprint density at radius 2 is 2.05 bits per heavy atom. The summed E-state index contributed by atoms with van der Waals surface area (Å²) in [5.74, 6) is 0.508. The standard InChI is InChI=1S/C10H14N8O2/c1-16-10(20)13-7(15-16)8(19)17-2-4-18(5-3-17)9-11-6-12-14-9/h6H,2-5H2,1H3,(H,11,12,14)(H,13,15,20). The van der Waals surface area contributed by atoms with Gasteiger partial charge in [-0.2, -0.15) is 10.1 Å². The zero-order valence-corrected chi connectivity index (χ0v) is 10.9. The van der Waals surface area contributed by atoms with Crippen LogP contribution in [0.15, 0.2) is 11.1 Å². The molecule has 10 nitrogen and oxygen atoms in total. The fourth-order valence-electron chi connectivity index (χ4n) is 2.12. The van der Waals surface area contributed by atoms with Crippen molar-refractivity contribution >= 4 is 11.9 Å².